The van der Waals surface area contributed by atoms with Crippen molar-refractivity contribution in [2.24, 2.45) is 10.9 Å². The van der Waals surface area contributed by atoms with Gasteiger partial charge in [-0.25, -0.2) is 0 Å². The van der Waals surface area contributed by atoms with Crippen molar-refractivity contribution in [3.05, 3.63) is 12.2 Å². The van der Waals surface area contributed by atoms with Crippen LogP contribution in [0.2, 0.25) is 0 Å². The summed E-state index contributed by atoms with van der Waals surface area (Å²) in [5, 5.41) is 0. The lowest BCUT2D eigenvalue weighted by Gasteiger charge is -1.98. The van der Waals surface area contributed by atoms with E-state index in [1.54, 1.807) is 0 Å². The van der Waals surface area contributed by atoms with Crippen molar-refractivity contribution in [3.8, 4) is 0 Å². The Kier molecular flexibility index (Phi) is 4.91. The van der Waals surface area contributed by atoms with Gasteiger partial charge in [0, 0.05) is 12.8 Å². The van der Waals surface area contributed by atoms with E-state index in [9.17, 15) is 0 Å². The second-order valence-corrected chi connectivity index (χ2v) is 3.06. The Labute approximate surface area is 63.9 Å². The molecule has 0 unspecified atom stereocenters. The van der Waals surface area contributed by atoms with Crippen LogP contribution in [-0.4, -0.2) is 12.8 Å². The Hall–Kier alpha value is -0.590. The second-order valence-electron chi connectivity index (χ2n) is 3.06. The van der Waals surface area contributed by atoms with Crippen LogP contribution in [0.15, 0.2) is 17.1 Å². The Morgan fingerprint density at radius 1 is 1.60 bits per heavy atom. The summed E-state index contributed by atoms with van der Waals surface area (Å²) in [5.41, 5.74) is 1.03. The highest BCUT2D eigenvalue weighted by atomic mass is 14.7. The van der Waals surface area contributed by atoms with E-state index in [1.807, 2.05) is 13.1 Å². The zero-order valence-electron chi connectivity index (χ0n) is 7.22. The number of hydrogen-bond donors (Lipinski definition) is 0. The van der Waals surface area contributed by atoms with Crippen molar-refractivity contribution < 1.29 is 0 Å². The summed E-state index contributed by atoms with van der Waals surface area (Å²) in [7, 11) is 0. The molecule has 0 bridgehead atoms. The van der Waals surface area contributed by atoms with Gasteiger partial charge in [0.15, 0.2) is 0 Å². The third kappa shape index (κ3) is 7.41. The molecule has 0 atom stereocenters. The molecule has 0 aromatic heterocycles. The molecule has 0 saturated heterocycles. The minimum absolute atomic E-state index is 0.752. The summed E-state index contributed by atoms with van der Waals surface area (Å²) in [5.74, 6) is 0.752. The normalized spacial score (nSPS) is 11.2. The molecule has 0 spiro atoms. The standard InChI is InChI=1S/C9H17N/c1-8(2)5-6-10-7-9(3)4/h7-8H,3,5-6H2,1-2,4H3. The number of hydrogen-bond acceptors (Lipinski definition) is 1. The van der Waals surface area contributed by atoms with E-state index in [-0.39, 0.29) is 0 Å². The average Bonchev–Trinajstić information content (AvgIpc) is 1.79. The maximum absolute atomic E-state index is 4.19. The molecule has 0 amide bonds. The van der Waals surface area contributed by atoms with Gasteiger partial charge in [0.25, 0.3) is 0 Å². The van der Waals surface area contributed by atoms with Crippen molar-refractivity contribution in [2.75, 3.05) is 6.54 Å². The van der Waals surface area contributed by atoms with Gasteiger partial charge in [0.1, 0.15) is 0 Å². The quantitative estimate of drug-likeness (QED) is 0.531. The molecule has 0 N–H and O–H groups in total. The summed E-state index contributed by atoms with van der Waals surface area (Å²) in [4.78, 5) is 4.19. The van der Waals surface area contributed by atoms with Crippen molar-refractivity contribution in [1.29, 1.82) is 0 Å². The van der Waals surface area contributed by atoms with E-state index in [4.69, 9.17) is 0 Å². The fourth-order valence-electron chi connectivity index (χ4n) is 0.553. The minimum Gasteiger partial charge on any atom is -0.293 e. The fraction of sp³-hybridized carbons (Fsp3) is 0.667. The average molecular weight is 139 g/mol. The van der Waals surface area contributed by atoms with Gasteiger partial charge >= 0.3 is 0 Å². The number of nitrogens with zero attached hydrogens (tertiary/aromatic N) is 1. The van der Waals surface area contributed by atoms with Gasteiger partial charge in [0.2, 0.25) is 0 Å². The van der Waals surface area contributed by atoms with Crippen LogP contribution in [0.3, 0.4) is 0 Å². The highest BCUT2D eigenvalue weighted by Crippen LogP contribution is 1.98. The first-order chi connectivity index (χ1) is 4.63. The summed E-state index contributed by atoms with van der Waals surface area (Å²) in [6.45, 7) is 11.0. The number of allylic oxidation sites excluding steroid dienone is 1. The van der Waals surface area contributed by atoms with E-state index >= 15 is 0 Å². The molecule has 0 aromatic rings. The Morgan fingerprint density at radius 2 is 2.20 bits per heavy atom. The zero-order valence-corrected chi connectivity index (χ0v) is 7.22. The molecule has 0 aliphatic rings. The van der Waals surface area contributed by atoms with Gasteiger partial charge in [0.05, 0.1) is 0 Å². The highest BCUT2D eigenvalue weighted by Gasteiger charge is 1.89. The molecular weight excluding hydrogens is 122 g/mol. The van der Waals surface area contributed by atoms with E-state index < -0.39 is 0 Å². The Morgan fingerprint density at radius 3 is 2.60 bits per heavy atom. The maximum atomic E-state index is 4.19. The van der Waals surface area contributed by atoms with Crippen LogP contribution in [0.25, 0.3) is 0 Å². The summed E-state index contributed by atoms with van der Waals surface area (Å²) >= 11 is 0. The molecule has 1 heteroatoms. The third-order valence-corrected chi connectivity index (χ3v) is 1.15. The van der Waals surface area contributed by atoms with Crippen LogP contribution in [0.1, 0.15) is 27.2 Å². The first-order valence-corrected chi connectivity index (χ1v) is 3.78. The van der Waals surface area contributed by atoms with E-state index in [2.05, 4.69) is 25.4 Å². The Balaban J connectivity index is 3.27. The maximum Gasteiger partial charge on any atom is 0.0391 e. The van der Waals surface area contributed by atoms with Crippen LogP contribution < -0.4 is 0 Å². The predicted molar refractivity (Wildman–Crippen MR) is 47.6 cm³/mol. The molecule has 0 aliphatic carbocycles. The Bertz CT molecular complexity index is 123. The SMILES string of the molecule is C=C(C)C=NCCC(C)C. The van der Waals surface area contributed by atoms with Crippen molar-refractivity contribution in [1.82, 2.24) is 0 Å². The largest absolute Gasteiger partial charge is 0.293 e. The predicted octanol–water partition coefficient (Wildman–Crippen LogP) is 2.68. The lowest BCUT2D eigenvalue weighted by molar-refractivity contribution is 0.597. The van der Waals surface area contributed by atoms with E-state index in [0.717, 1.165) is 18.0 Å². The molecule has 0 fully saturated rings. The smallest absolute Gasteiger partial charge is 0.0391 e. The molecule has 0 aromatic carbocycles. The molecule has 58 valence electrons. The monoisotopic (exact) mass is 139 g/mol. The van der Waals surface area contributed by atoms with Gasteiger partial charge in [-0.05, 0) is 24.8 Å². The van der Waals surface area contributed by atoms with Gasteiger partial charge in [-0.3, -0.25) is 4.99 Å². The van der Waals surface area contributed by atoms with Crippen molar-refractivity contribution >= 4 is 6.21 Å². The van der Waals surface area contributed by atoms with E-state index in [1.165, 1.54) is 6.42 Å². The first-order valence-electron chi connectivity index (χ1n) is 3.78. The molecule has 0 aliphatic heterocycles. The molecule has 1 nitrogen and oxygen atoms in total. The summed E-state index contributed by atoms with van der Waals surface area (Å²) in [6.07, 6.45) is 3.01. The summed E-state index contributed by atoms with van der Waals surface area (Å²) in [6, 6.07) is 0. The molecular formula is C9H17N. The zero-order chi connectivity index (χ0) is 7.98. The van der Waals surface area contributed by atoms with Crippen LogP contribution in [0, 0.1) is 5.92 Å². The van der Waals surface area contributed by atoms with Crippen molar-refractivity contribution in [3.63, 3.8) is 0 Å². The topological polar surface area (TPSA) is 12.4 Å². The lowest BCUT2D eigenvalue weighted by Crippen LogP contribution is -1.90. The minimum atomic E-state index is 0.752. The molecule has 0 rings (SSSR count). The molecule has 10 heavy (non-hydrogen) atoms. The highest BCUT2D eigenvalue weighted by molar-refractivity contribution is 5.76. The second kappa shape index (κ2) is 5.21. The fourth-order valence-corrected chi connectivity index (χ4v) is 0.553. The third-order valence-electron chi connectivity index (χ3n) is 1.15. The van der Waals surface area contributed by atoms with Crippen molar-refractivity contribution in [2.45, 2.75) is 27.2 Å². The molecule has 0 radical (unpaired) electrons. The number of rotatable bonds is 4. The number of aliphatic imine (C=N–C) groups is 1. The van der Waals surface area contributed by atoms with Crippen LogP contribution in [0.4, 0.5) is 0 Å². The van der Waals surface area contributed by atoms with Gasteiger partial charge in [-0.2, -0.15) is 0 Å². The van der Waals surface area contributed by atoms with Crippen LogP contribution >= 0.6 is 0 Å². The first kappa shape index (κ1) is 9.41. The molecule has 0 saturated carbocycles. The van der Waals surface area contributed by atoms with E-state index in [0.29, 0.717) is 0 Å². The van der Waals surface area contributed by atoms with Crippen LogP contribution in [0.5, 0.6) is 0 Å². The summed E-state index contributed by atoms with van der Waals surface area (Å²) < 4.78 is 0. The lowest BCUT2D eigenvalue weighted by atomic mass is 10.1. The molecule has 0 heterocycles. The van der Waals surface area contributed by atoms with Gasteiger partial charge in [-0.15, -0.1) is 0 Å². The van der Waals surface area contributed by atoms with Gasteiger partial charge in [-0.1, -0.05) is 20.4 Å². The van der Waals surface area contributed by atoms with Crippen LogP contribution in [-0.2, 0) is 0 Å². The van der Waals surface area contributed by atoms with Gasteiger partial charge < -0.3 is 0 Å².